The lowest BCUT2D eigenvalue weighted by molar-refractivity contribution is -0.143. The van der Waals surface area contributed by atoms with Crippen LogP contribution in [0.25, 0.3) is 10.7 Å². The lowest BCUT2D eigenvalue weighted by Crippen LogP contribution is -2.05. The smallest absolute Gasteiger partial charge is 0.306 e. The molecule has 9 heteroatoms. The van der Waals surface area contributed by atoms with E-state index in [4.69, 9.17) is 4.74 Å². The van der Waals surface area contributed by atoms with Crippen LogP contribution in [0.4, 0.5) is 11.6 Å². The van der Waals surface area contributed by atoms with Gasteiger partial charge in [-0.3, -0.25) is 4.79 Å². The minimum atomic E-state index is -0.187. The number of aryl methyl sites for hydroxylation is 1. The summed E-state index contributed by atoms with van der Waals surface area (Å²) in [5.74, 6) is 1.22. The third-order valence-electron chi connectivity index (χ3n) is 3.40. The standard InChI is InChI=1S/C18H18N4O2S.2ClH/c1-2-24-17(23)9-7-13-6-8-15(20-12-13)22-16-5-3-4-14(21-16)18-19-10-11-25-18;;/h3-6,8,10-12H,2,7,9H2,1H3,(H,20,21,22);2*1H. The summed E-state index contributed by atoms with van der Waals surface area (Å²) in [6, 6.07) is 9.56. The van der Waals surface area contributed by atoms with E-state index in [2.05, 4.69) is 20.3 Å². The van der Waals surface area contributed by atoms with Crippen molar-refractivity contribution in [3.05, 3.63) is 53.7 Å². The average Bonchev–Trinajstić information content (AvgIpc) is 3.16. The normalized spacial score (nSPS) is 9.67. The zero-order chi connectivity index (χ0) is 17.5. The van der Waals surface area contributed by atoms with E-state index in [1.807, 2.05) is 35.7 Å². The fraction of sp³-hybridized carbons (Fsp3) is 0.222. The fourth-order valence-electron chi connectivity index (χ4n) is 2.23. The summed E-state index contributed by atoms with van der Waals surface area (Å²) < 4.78 is 4.92. The third kappa shape index (κ3) is 6.78. The van der Waals surface area contributed by atoms with Crippen molar-refractivity contribution < 1.29 is 9.53 Å². The van der Waals surface area contributed by atoms with Gasteiger partial charge in [-0.25, -0.2) is 15.0 Å². The van der Waals surface area contributed by atoms with Crippen LogP contribution >= 0.6 is 36.2 Å². The summed E-state index contributed by atoms with van der Waals surface area (Å²) in [6.45, 7) is 2.21. The quantitative estimate of drug-likeness (QED) is 0.552. The summed E-state index contributed by atoms with van der Waals surface area (Å²) in [5.41, 5.74) is 1.81. The van der Waals surface area contributed by atoms with Gasteiger partial charge in [-0.05, 0) is 37.1 Å². The Morgan fingerprint density at radius 3 is 2.67 bits per heavy atom. The number of halogens is 2. The van der Waals surface area contributed by atoms with E-state index < -0.39 is 0 Å². The molecule has 0 saturated carbocycles. The topological polar surface area (TPSA) is 77.0 Å². The molecule has 0 aliphatic rings. The van der Waals surface area contributed by atoms with E-state index in [-0.39, 0.29) is 30.8 Å². The van der Waals surface area contributed by atoms with Gasteiger partial charge in [0.15, 0.2) is 0 Å². The first kappa shape index (κ1) is 22.8. The summed E-state index contributed by atoms with van der Waals surface area (Å²) in [7, 11) is 0. The maximum atomic E-state index is 11.4. The second-order valence-corrected chi connectivity index (χ2v) is 6.12. The maximum absolute atomic E-state index is 11.4. The maximum Gasteiger partial charge on any atom is 0.306 e. The Bertz CT molecular complexity index is 830. The summed E-state index contributed by atoms with van der Waals surface area (Å²) >= 11 is 1.55. The number of thiazole rings is 1. The first-order valence-electron chi connectivity index (χ1n) is 7.99. The van der Waals surface area contributed by atoms with Crippen molar-refractivity contribution in [2.24, 2.45) is 0 Å². The zero-order valence-corrected chi connectivity index (χ0v) is 17.1. The van der Waals surface area contributed by atoms with Crippen molar-refractivity contribution in [1.82, 2.24) is 15.0 Å². The number of rotatable bonds is 7. The van der Waals surface area contributed by atoms with Crippen molar-refractivity contribution in [3.63, 3.8) is 0 Å². The third-order valence-corrected chi connectivity index (χ3v) is 4.20. The highest BCUT2D eigenvalue weighted by Gasteiger charge is 2.05. The predicted molar refractivity (Wildman–Crippen MR) is 112 cm³/mol. The molecule has 3 aromatic rings. The number of pyridine rings is 2. The number of nitrogens with one attached hydrogen (secondary N) is 1. The number of aromatic nitrogens is 3. The number of carbonyl (C=O) groups is 1. The molecule has 0 atom stereocenters. The molecule has 0 radical (unpaired) electrons. The number of nitrogens with zero attached hydrogens (tertiary/aromatic N) is 3. The molecular weight excluding hydrogens is 407 g/mol. The van der Waals surface area contributed by atoms with Crippen LogP contribution in [0.3, 0.4) is 0 Å². The predicted octanol–water partition coefficient (Wildman–Crippen LogP) is 4.68. The SMILES string of the molecule is CCOC(=O)CCc1ccc(Nc2cccc(-c3nccs3)n2)nc1.Cl.Cl. The summed E-state index contributed by atoms with van der Waals surface area (Å²) in [4.78, 5) is 24.6. The van der Waals surface area contributed by atoms with Gasteiger partial charge in [-0.1, -0.05) is 12.1 Å². The Morgan fingerprint density at radius 1 is 1.15 bits per heavy atom. The van der Waals surface area contributed by atoms with E-state index in [1.54, 1.807) is 30.7 Å². The second kappa shape index (κ2) is 11.5. The molecule has 3 heterocycles. The van der Waals surface area contributed by atoms with Gasteiger partial charge < -0.3 is 10.1 Å². The van der Waals surface area contributed by atoms with Crippen LogP contribution in [-0.2, 0) is 16.0 Å². The van der Waals surface area contributed by atoms with Crippen LogP contribution in [0.1, 0.15) is 18.9 Å². The highest BCUT2D eigenvalue weighted by Crippen LogP contribution is 2.22. The molecule has 0 unspecified atom stereocenters. The molecule has 6 nitrogen and oxygen atoms in total. The number of hydrogen-bond donors (Lipinski definition) is 1. The van der Waals surface area contributed by atoms with Crippen LogP contribution in [-0.4, -0.2) is 27.5 Å². The molecule has 0 aromatic carbocycles. The van der Waals surface area contributed by atoms with Gasteiger partial charge in [-0.2, -0.15) is 0 Å². The van der Waals surface area contributed by atoms with Crippen molar-refractivity contribution >= 4 is 53.8 Å². The van der Waals surface area contributed by atoms with Crippen LogP contribution < -0.4 is 5.32 Å². The number of anilines is 2. The molecular formula is C18H20Cl2N4O2S. The highest BCUT2D eigenvalue weighted by atomic mass is 35.5. The van der Waals surface area contributed by atoms with Crippen LogP contribution in [0.2, 0.25) is 0 Å². The minimum Gasteiger partial charge on any atom is -0.466 e. The van der Waals surface area contributed by atoms with E-state index >= 15 is 0 Å². The molecule has 0 spiro atoms. The first-order valence-corrected chi connectivity index (χ1v) is 8.87. The lowest BCUT2D eigenvalue weighted by Gasteiger charge is -2.07. The highest BCUT2D eigenvalue weighted by molar-refractivity contribution is 7.13. The first-order chi connectivity index (χ1) is 12.2. The Kier molecular flexibility index (Phi) is 9.71. The molecule has 3 aromatic heterocycles. The van der Waals surface area contributed by atoms with Gasteiger partial charge in [0.05, 0.1) is 6.61 Å². The Balaban J connectivity index is 0.00000182. The molecule has 27 heavy (non-hydrogen) atoms. The van der Waals surface area contributed by atoms with Crippen molar-refractivity contribution in [3.8, 4) is 10.7 Å². The molecule has 1 N–H and O–H groups in total. The van der Waals surface area contributed by atoms with Crippen LogP contribution in [0, 0.1) is 0 Å². The van der Waals surface area contributed by atoms with Gasteiger partial charge in [0, 0.05) is 24.2 Å². The summed E-state index contributed by atoms with van der Waals surface area (Å²) in [6.07, 6.45) is 4.49. The Morgan fingerprint density at radius 2 is 2.00 bits per heavy atom. The molecule has 0 aliphatic heterocycles. The van der Waals surface area contributed by atoms with Crippen molar-refractivity contribution in [2.45, 2.75) is 19.8 Å². The molecule has 0 bridgehead atoms. The van der Waals surface area contributed by atoms with E-state index in [1.165, 1.54) is 0 Å². The number of esters is 1. The molecule has 0 amide bonds. The van der Waals surface area contributed by atoms with Gasteiger partial charge >= 0.3 is 5.97 Å². The minimum absolute atomic E-state index is 0. The molecule has 3 rings (SSSR count). The molecule has 0 saturated heterocycles. The number of hydrogen-bond acceptors (Lipinski definition) is 7. The summed E-state index contributed by atoms with van der Waals surface area (Å²) in [5, 5.41) is 5.99. The molecule has 144 valence electrons. The lowest BCUT2D eigenvalue weighted by atomic mass is 10.1. The Hall–Kier alpha value is -2.22. The number of carbonyl (C=O) groups excluding carboxylic acids is 1. The van der Waals surface area contributed by atoms with Crippen molar-refractivity contribution in [1.29, 1.82) is 0 Å². The zero-order valence-electron chi connectivity index (χ0n) is 14.6. The monoisotopic (exact) mass is 426 g/mol. The largest absolute Gasteiger partial charge is 0.466 e. The van der Waals surface area contributed by atoms with Crippen LogP contribution in [0.5, 0.6) is 0 Å². The van der Waals surface area contributed by atoms with Crippen LogP contribution in [0.15, 0.2) is 48.1 Å². The van der Waals surface area contributed by atoms with Gasteiger partial charge in [-0.15, -0.1) is 36.2 Å². The Labute approximate surface area is 174 Å². The second-order valence-electron chi connectivity index (χ2n) is 5.23. The van der Waals surface area contributed by atoms with E-state index in [0.29, 0.717) is 31.1 Å². The fourth-order valence-corrected chi connectivity index (χ4v) is 2.84. The number of ether oxygens (including phenoxy) is 1. The molecule has 0 aliphatic carbocycles. The van der Waals surface area contributed by atoms with E-state index in [0.717, 1.165) is 16.3 Å². The molecule has 0 fully saturated rings. The van der Waals surface area contributed by atoms with E-state index in [9.17, 15) is 4.79 Å². The van der Waals surface area contributed by atoms with Gasteiger partial charge in [0.25, 0.3) is 0 Å². The van der Waals surface area contributed by atoms with Crippen molar-refractivity contribution in [2.75, 3.05) is 11.9 Å². The average molecular weight is 427 g/mol. The van der Waals surface area contributed by atoms with Gasteiger partial charge in [0.1, 0.15) is 22.3 Å². The van der Waals surface area contributed by atoms with Gasteiger partial charge in [0.2, 0.25) is 0 Å².